The summed E-state index contributed by atoms with van der Waals surface area (Å²) in [6, 6.07) is 13.0. The van der Waals surface area contributed by atoms with Crippen LogP contribution < -0.4 is 4.72 Å². The van der Waals surface area contributed by atoms with Gasteiger partial charge in [0.1, 0.15) is 18.2 Å². The zero-order valence-corrected chi connectivity index (χ0v) is 20.6. The predicted octanol–water partition coefficient (Wildman–Crippen LogP) is 4.40. The van der Waals surface area contributed by atoms with Gasteiger partial charge in [-0.05, 0) is 61.6 Å². The molecule has 0 spiro atoms. The monoisotopic (exact) mass is 513 g/mol. The molecule has 1 fully saturated rings. The second-order valence-electron chi connectivity index (χ2n) is 8.59. The molecule has 1 aliphatic heterocycles. The van der Waals surface area contributed by atoms with Gasteiger partial charge in [-0.25, -0.2) is 17.8 Å². The van der Waals surface area contributed by atoms with Gasteiger partial charge in [0.25, 0.3) is 10.0 Å². The van der Waals surface area contributed by atoms with Gasteiger partial charge in [0.2, 0.25) is 11.0 Å². The van der Waals surface area contributed by atoms with Gasteiger partial charge < -0.3 is 9.47 Å². The largest absolute Gasteiger partial charge is 0.341 e. The molecule has 3 heterocycles. The summed E-state index contributed by atoms with van der Waals surface area (Å²) in [5, 5.41) is 0.730. The van der Waals surface area contributed by atoms with Gasteiger partial charge in [-0.1, -0.05) is 18.2 Å². The standard InChI is InChI=1S/C24H24FN5O3S2/c1-16(30-14-11-20-21(25)3-2-4-22(20)30)23(31)29-12-9-18(10-13-29)17-5-7-19(8-6-17)35(32,33)28-24-26-15-27-34-24/h2-8,11,14-16,18H,9-10,12-13H2,1H3,(H,26,27,28)/t16-/m1/s1. The number of anilines is 1. The number of aromatic nitrogens is 3. The first kappa shape index (κ1) is 23.4. The number of fused-ring (bicyclic) bond motifs is 1. The van der Waals surface area contributed by atoms with E-state index in [9.17, 15) is 17.6 Å². The number of hydrogen-bond acceptors (Lipinski definition) is 6. The first-order valence-electron chi connectivity index (χ1n) is 11.3. The third kappa shape index (κ3) is 4.65. The van der Waals surface area contributed by atoms with Crippen molar-refractivity contribution in [3.63, 3.8) is 0 Å². The Balaban J connectivity index is 1.22. The third-order valence-corrected chi connectivity index (χ3v) is 8.60. The van der Waals surface area contributed by atoms with Crippen molar-refractivity contribution in [2.24, 2.45) is 0 Å². The molecule has 2 aromatic carbocycles. The number of benzene rings is 2. The molecule has 1 aliphatic rings. The van der Waals surface area contributed by atoms with Crippen LogP contribution in [0.5, 0.6) is 0 Å². The van der Waals surface area contributed by atoms with Crippen LogP contribution in [0.15, 0.2) is 66.0 Å². The van der Waals surface area contributed by atoms with E-state index >= 15 is 0 Å². The van der Waals surface area contributed by atoms with Crippen molar-refractivity contribution >= 4 is 43.5 Å². The zero-order valence-electron chi connectivity index (χ0n) is 19.0. The van der Waals surface area contributed by atoms with Gasteiger partial charge in [0.05, 0.1) is 10.4 Å². The minimum Gasteiger partial charge on any atom is -0.341 e. The molecule has 0 saturated carbocycles. The molecule has 5 rings (SSSR count). The fourth-order valence-electron chi connectivity index (χ4n) is 4.62. The lowest BCUT2D eigenvalue weighted by molar-refractivity contribution is -0.135. The molecule has 11 heteroatoms. The van der Waals surface area contributed by atoms with Crippen molar-refractivity contribution in [1.29, 1.82) is 0 Å². The van der Waals surface area contributed by atoms with E-state index in [0.717, 1.165) is 29.9 Å². The minimum absolute atomic E-state index is 0.00871. The van der Waals surface area contributed by atoms with Crippen LogP contribution in [0.2, 0.25) is 0 Å². The summed E-state index contributed by atoms with van der Waals surface area (Å²) in [5.41, 5.74) is 1.75. The number of rotatable bonds is 6. The van der Waals surface area contributed by atoms with Crippen LogP contribution in [0.1, 0.15) is 37.3 Å². The van der Waals surface area contributed by atoms with E-state index in [1.54, 1.807) is 30.5 Å². The lowest BCUT2D eigenvalue weighted by atomic mass is 9.89. The molecule has 1 atom stereocenters. The SMILES string of the molecule is C[C@H](C(=O)N1CCC(c2ccc(S(=O)(=O)Nc3ncns3)cc2)CC1)n1ccc2c(F)cccc21. The number of amides is 1. The van der Waals surface area contributed by atoms with Gasteiger partial charge in [-0.3, -0.25) is 9.52 Å². The molecular formula is C24H24FN5O3S2. The van der Waals surface area contributed by atoms with E-state index in [2.05, 4.69) is 14.1 Å². The van der Waals surface area contributed by atoms with Crippen LogP contribution in [0.25, 0.3) is 10.9 Å². The molecule has 0 bridgehead atoms. The Morgan fingerprint density at radius 3 is 2.57 bits per heavy atom. The molecule has 182 valence electrons. The maximum Gasteiger partial charge on any atom is 0.263 e. The van der Waals surface area contributed by atoms with E-state index in [-0.39, 0.29) is 27.7 Å². The molecule has 0 aliphatic carbocycles. The summed E-state index contributed by atoms with van der Waals surface area (Å²) in [5.74, 6) is -0.0466. The molecule has 4 aromatic rings. The van der Waals surface area contributed by atoms with E-state index in [1.807, 2.05) is 34.6 Å². The van der Waals surface area contributed by atoms with Crippen molar-refractivity contribution in [2.45, 2.75) is 36.6 Å². The normalized spacial score (nSPS) is 15.9. The highest BCUT2D eigenvalue weighted by Gasteiger charge is 2.28. The summed E-state index contributed by atoms with van der Waals surface area (Å²) >= 11 is 0.973. The van der Waals surface area contributed by atoms with Crippen LogP contribution in [-0.4, -0.2) is 46.2 Å². The first-order chi connectivity index (χ1) is 16.8. The number of sulfonamides is 1. The number of piperidine rings is 1. The molecular weight excluding hydrogens is 489 g/mol. The number of nitrogens with one attached hydrogen (secondary N) is 1. The Kier molecular flexibility index (Phi) is 6.28. The highest BCUT2D eigenvalue weighted by Crippen LogP contribution is 2.31. The van der Waals surface area contributed by atoms with Crippen molar-refractivity contribution in [1.82, 2.24) is 18.8 Å². The molecule has 35 heavy (non-hydrogen) atoms. The van der Waals surface area contributed by atoms with Crippen LogP contribution in [-0.2, 0) is 14.8 Å². The van der Waals surface area contributed by atoms with E-state index < -0.39 is 16.1 Å². The Morgan fingerprint density at radius 1 is 1.14 bits per heavy atom. The maximum atomic E-state index is 14.0. The maximum absolute atomic E-state index is 14.0. The summed E-state index contributed by atoms with van der Waals surface area (Å²) in [6.45, 7) is 3.06. The quantitative estimate of drug-likeness (QED) is 0.412. The lowest BCUT2D eigenvalue weighted by Crippen LogP contribution is -2.41. The molecule has 8 nitrogen and oxygen atoms in total. The van der Waals surface area contributed by atoms with Gasteiger partial charge >= 0.3 is 0 Å². The summed E-state index contributed by atoms with van der Waals surface area (Å²) < 4.78 is 47.1. The van der Waals surface area contributed by atoms with E-state index in [0.29, 0.717) is 24.0 Å². The first-order valence-corrected chi connectivity index (χ1v) is 13.5. The highest BCUT2D eigenvalue weighted by molar-refractivity contribution is 7.93. The fraction of sp³-hybridized carbons (Fsp3) is 0.292. The van der Waals surface area contributed by atoms with E-state index in [1.165, 1.54) is 12.4 Å². The zero-order chi connectivity index (χ0) is 24.6. The average molecular weight is 514 g/mol. The molecule has 1 saturated heterocycles. The van der Waals surface area contributed by atoms with E-state index in [4.69, 9.17) is 0 Å². The molecule has 1 amide bonds. The van der Waals surface area contributed by atoms with Crippen LogP contribution in [0, 0.1) is 5.82 Å². The number of carbonyl (C=O) groups excluding carboxylic acids is 1. The number of carbonyl (C=O) groups is 1. The predicted molar refractivity (Wildman–Crippen MR) is 132 cm³/mol. The van der Waals surface area contributed by atoms with Crippen molar-refractivity contribution in [2.75, 3.05) is 17.8 Å². The lowest BCUT2D eigenvalue weighted by Gasteiger charge is -2.34. The number of hydrogen-bond donors (Lipinski definition) is 1. The van der Waals surface area contributed by atoms with Crippen molar-refractivity contribution in [3.05, 3.63) is 72.4 Å². The third-order valence-electron chi connectivity index (χ3n) is 6.54. The Labute approximate surface area is 206 Å². The van der Waals surface area contributed by atoms with Gasteiger partial charge in [-0.15, -0.1) is 0 Å². The summed E-state index contributed by atoms with van der Waals surface area (Å²) in [4.78, 5) is 19.1. The molecule has 2 aromatic heterocycles. The summed E-state index contributed by atoms with van der Waals surface area (Å²) in [6.07, 6.45) is 4.63. The average Bonchev–Trinajstić information content (AvgIpc) is 3.54. The topological polar surface area (TPSA) is 97.2 Å². The van der Waals surface area contributed by atoms with Gasteiger partial charge in [0.15, 0.2) is 0 Å². The smallest absolute Gasteiger partial charge is 0.263 e. The van der Waals surface area contributed by atoms with Crippen LogP contribution >= 0.6 is 11.5 Å². The molecule has 1 N–H and O–H groups in total. The Morgan fingerprint density at radius 2 is 1.89 bits per heavy atom. The fourth-order valence-corrected chi connectivity index (χ4v) is 6.28. The van der Waals surface area contributed by atoms with Crippen LogP contribution in [0.3, 0.4) is 0 Å². The minimum atomic E-state index is -3.72. The van der Waals surface area contributed by atoms with Crippen molar-refractivity contribution in [3.8, 4) is 0 Å². The van der Waals surface area contributed by atoms with Gasteiger partial charge in [0, 0.05) is 36.2 Å². The molecule has 0 unspecified atom stereocenters. The highest BCUT2D eigenvalue weighted by atomic mass is 32.2. The summed E-state index contributed by atoms with van der Waals surface area (Å²) in [7, 11) is -3.72. The Bertz CT molecular complexity index is 1440. The van der Waals surface area contributed by atoms with Gasteiger partial charge in [-0.2, -0.15) is 4.37 Å². The number of likely N-dealkylation sites (tertiary alicyclic amines) is 1. The molecule has 0 radical (unpaired) electrons. The Hall–Kier alpha value is -3.31. The second-order valence-corrected chi connectivity index (χ2v) is 11.1. The number of nitrogens with zero attached hydrogens (tertiary/aromatic N) is 4. The second kappa shape index (κ2) is 9.38. The van der Waals surface area contributed by atoms with Crippen molar-refractivity contribution < 1.29 is 17.6 Å². The van der Waals surface area contributed by atoms with Crippen LogP contribution in [0.4, 0.5) is 9.52 Å². The number of halogens is 1.